The molecule has 1 saturated carbocycles. The van der Waals surface area contributed by atoms with E-state index in [2.05, 4.69) is 15.7 Å². The lowest BCUT2D eigenvalue weighted by molar-refractivity contribution is -0.384. The van der Waals surface area contributed by atoms with Gasteiger partial charge >= 0.3 is 0 Å². The summed E-state index contributed by atoms with van der Waals surface area (Å²) < 4.78 is 1.45. The number of rotatable bonds is 6. The molecule has 1 aliphatic rings. The molecule has 1 fully saturated rings. The van der Waals surface area contributed by atoms with Crippen molar-refractivity contribution in [1.29, 1.82) is 0 Å². The highest BCUT2D eigenvalue weighted by Gasteiger charge is 2.19. The zero-order chi connectivity index (χ0) is 23.4. The maximum absolute atomic E-state index is 12.7. The number of nitrogens with zero attached hydrogens (tertiary/aromatic N) is 3. The number of halogens is 1. The number of hydrogen-bond acceptors (Lipinski definition) is 5. The van der Waals surface area contributed by atoms with E-state index in [1.807, 2.05) is 0 Å². The van der Waals surface area contributed by atoms with E-state index in [1.165, 1.54) is 35.6 Å². The Balaban J connectivity index is 1.44. The van der Waals surface area contributed by atoms with Crippen LogP contribution in [0.15, 0.2) is 54.9 Å². The van der Waals surface area contributed by atoms with Gasteiger partial charge in [0.2, 0.25) is 0 Å². The third kappa shape index (κ3) is 5.38. The van der Waals surface area contributed by atoms with Gasteiger partial charge in [-0.2, -0.15) is 5.10 Å². The van der Waals surface area contributed by atoms with Gasteiger partial charge in [-0.3, -0.25) is 19.7 Å². The molecule has 170 valence electrons. The first-order valence-corrected chi connectivity index (χ1v) is 11.0. The Morgan fingerprint density at radius 3 is 2.48 bits per heavy atom. The maximum Gasteiger partial charge on any atom is 0.269 e. The number of non-ortho nitro benzene ring substituents is 1. The quantitative estimate of drug-likeness (QED) is 0.400. The zero-order valence-corrected chi connectivity index (χ0v) is 18.4. The Morgan fingerprint density at radius 2 is 1.79 bits per heavy atom. The van der Waals surface area contributed by atoms with Crippen LogP contribution in [0.2, 0.25) is 5.02 Å². The smallest absolute Gasteiger partial charge is 0.269 e. The van der Waals surface area contributed by atoms with Crippen LogP contribution in [0.25, 0.3) is 5.69 Å². The molecular weight excluding hydrogens is 446 g/mol. The Labute approximate surface area is 194 Å². The number of benzene rings is 2. The van der Waals surface area contributed by atoms with Crippen LogP contribution in [-0.4, -0.2) is 32.6 Å². The minimum atomic E-state index is -0.485. The van der Waals surface area contributed by atoms with Gasteiger partial charge < -0.3 is 10.6 Å². The monoisotopic (exact) mass is 467 g/mol. The van der Waals surface area contributed by atoms with Crippen molar-refractivity contribution >= 4 is 34.8 Å². The summed E-state index contributed by atoms with van der Waals surface area (Å²) in [6, 6.07) is 10.7. The Hall–Kier alpha value is -3.72. The van der Waals surface area contributed by atoms with E-state index in [9.17, 15) is 19.7 Å². The van der Waals surface area contributed by atoms with Crippen molar-refractivity contribution in [3.8, 4) is 5.69 Å². The number of anilines is 1. The van der Waals surface area contributed by atoms with E-state index >= 15 is 0 Å². The third-order valence-corrected chi connectivity index (χ3v) is 5.91. The van der Waals surface area contributed by atoms with Gasteiger partial charge in [0.15, 0.2) is 0 Å². The second-order valence-corrected chi connectivity index (χ2v) is 8.31. The molecule has 0 aliphatic heterocycles. The molecule has 1 aromatic heterocycles. The molecule has 1 heterocycles. The molecule has 9 nitrogen and oxygen atoms in total. The normalized spacial score (nSPS) is 14.0. The largest absolute Gasteiger partial charge is 0.349 e. The van der Waals surface area contributed by atoms with Gasteiger partial charge in [-0.05, 0) is 43.2 Å². The molecule has 0 atom stereocenters. The predicted molar refractivity (Wildman–Crippen MR) is 124 cm³/mol. The molecule has 1 aliphatic carbocycles. The van der Waals surface area contributed by atoms with Gasteiger partial charge in [-0.25, -0.2) is 4.68 Å². The molecule has 2 N–H and O–H groups in total. The van der Waals surface area contributed by atoms with Gasteiger partial charge in [0, 0.05) is 30.1 Å². The van der Waals surface area contributed by atoms with E-state index in [0.717, 1.165) is 25.7 Å². The average Bonchev–Trinajstić information content (AvgIpc) is 3.31. The van der Waals surface area contributed by atoms with Crippen LogP contribution in [-0.2, 0) is 0 Å². The first-order chi connectivity index (χ1) is 15.9. The summed E-state index contributed by atoms with van der Waals surface area (Å²) in [5.41, 5.74) is 1.57. The molecule has 4 rings (SSSR count). The van der Waals surface area contributed by atoms with Gasteiger partial charge in [0.1, 0.15) is 0 Å². The second kappa shape index (κ2) is 9.83. The lowest BCUT2D eigenvalue weighted by Gasteiger charge is -2.23. The van der Waals surface area contributed by atoms with E-state index in [4.69, 9.17) is 11.6 Å². The van der Waals surface area contributed by atoms with E-state index < -0.39 is 10.8 Å². The topological polar surface area (TPSA) is 119 Å². The van der Waals surface area contributed by atoms with Crippen LogP contribution in [0.3, 0.4) is 0 Å². The van der Waals surface area contributed by atoms with Crippen molar-refractivity contribution in [1.82, 2.24) is 15.1 Å². The molecule has 3 aromatic rings. The lowest BCUT2D eigenvalue weighted by atomic mass is 9.95. The molecule has 2 amide bonds. The number of amides is 2. The Bertz CT molecular complexity index is 1190. The van der Waals surface area contributed by atoms with Crippen LogP contribution in [0.5, 0.6) is 0 Å². The van der Waals surface area contributed by atoms with Crippen molar-refractivity contribution in [2.75, 3.05) is 5.32 Å². The molecule has 33 heavy (non-hydrogen) atoms. The first-order valence-electron chi connectivity index (χ1n) is 10.6. The van der Waals surface area contributed by atoms with E-state index in [0.29, 0.717) is 22.0 Å². The molecule has 0 saturated heterocycles. The van der Waals surface area contributed by atoms with Crippen LogP contribution >= 0.6 is 11.6 Å². The van der Waals surface area contributed by atoms with Crippen molar-refractivity contribution in [2.24, 2.45) is 0 Å². The number of nitro groups is 1. The highest BCUT2D eigenvalue weighted by Crippen LogP contribution is 2.23. The molecule has 0 spiro atoms. The van der Waals surface area contributed by atoms with Gasteiger partial charge in [0.25, 0.3) is 17.5 Å². The Kier molecular flexibility index (Phi) is 6.69. The molecule has 0 bridgehead atoms. The highest BCUT2D eigenvalue weighted by molar-refractivity contribution is 6.34. The number of aromatic nitrogens is 2. The summed E-state index contributed by atoms with van der Waals surface area (Å²) in [5.74, 6) is -0.668. The van der Waals surface area contributed by atoms with Crippen LogP contribution in [0, 0.1) is 10.1 Å². The van der Waals surface area contributed by atoms with Crippen molar-refractivity contribution < 1.29 is 14.5 Å². The number of hydrogen-bond donors (Lipinski definition) is 2. The minimum absolute atomic E-state index is 0.0325. The van der Waals surface area contributed by atoms with Crippen LogP contribution < -0.4 is 10.6 Å². The minimum Gasteiger partial charge on any atom is -0.349 e. The first kappa shape index (κ1) is 22.5. The average molecular weight is 468 g/mol. The summed E-state index contributed by atoms with van der Waals surface area (Å²) in [5, 5.41) is 21.0. The SMILES string of the molecule is O=C(Nc1ccc(Cl)c(C(=O)NC2CCCCC2)c1)c1cnn(-c2ccc([N+](=O)[O-])cc2)c1. The summed E-state index contributed by atoms with van der Waals surface area (Å²) in [4.78, 5) is 35.7. The number of nitro benzene ring substituents is 1. The molecule has 10 heteroatoms. The number of carbonyl (C=O) groups is 2. The summed E-state index contributed by atoms with van der Waals surface area (Å²) in [6.45, 7) is 0. The van der Waals surface area contributed by atoms with Crippen LogP contribution in [0.1, 0.15) is 52.8 Å². The molecule has 0 unspecified atom stereocenters. The maximum atomic E-state index is 12.7. The Morgan fingerprint density at radius 1 is 1.06 bits per heavy atom. The van der Waals surface area contributed by atoms with Crippen molar-refractivity contribution in [3.05, 3.63) is 81.1 Å². The second-order valence-electron chi connectivity index (χ2n) is 7.90. The number of nitrogens with one attached hydrogen (secondary N) is 2. The summed E-state index contributed by atoms with van der Waals surface area (Å²) >= 11 is 6.24. The van der Waals surface area contributed by atoms with E-state index in [-0.39, 0.29) is 23.2 Å². The highest BCUT2D eigenvalue weighted by atomic mass is 35.5. The fourth-order valence-electron chi connectivity index (χ4n) is 3.80. The fraction of sp³-hybridized carbons (Fsp3) is 0.261. The summed E-state index contributed by atoms with van der Waals surface area (Å²) in [7, 11) is 0. The van der Waals surface area contributed by atoms with Gasteiger partial charge in [-0.1, -0.05) is 30.9 Å². The summed E-state index contributed by atoms with van der Waals surface area (Å²) in [6.07, 6.45) is 8.21. The molecular formula is C23H22ClN5O4. The third-order valence-electron chi connectivity index (χ3n) is 5.58. The number of carbonyl (C=O) groups excluding carboxylic acids is 2. The fourth-order valence-corrected chi connectivity index (χ4v) is 4.00. The zero-order valence-electron chi connectivity index (χ0n) is 17.7. The van der Waals surface area contributed by atoms with Crippen molar-refractivity contribution in [3.63, 3.8) is 0 Å². The van der Waals surface area contributed by atoms with Gasteiger partial charge in [-0.15, -0.1) is 0 Å². The predicted octanol–water partition coefficient (Wildman–Crippen LogP) is 4.75. The van der Waals surface area contributed by atoms with Gasteiger partial charge in [0.05, 0.1) is 33.0 Å². The van der Waals surface area contributed by atoms with E-state index in [1.54, 1.807) is 30.3 Å². The standard InChI is InChI=1S/C23H22ClN5O4/c24-21-11-6-17(12-20(21)23(31)26-16-4-2-1-3-5-16)27-22(30)15-13-25-28(14-15)18-7-9-19(10-8-18)29(32)33/h6-14,16H,1-5H2,(H,26,31)(H,27,30). The molecule has 0 radical (unpaired) electrons. The van der Waals surface area contributed by atoms with Crippen LogP contribution in [0.4, 0.5) is 11.4 Å². The molecule has 2 aromatic carbocycles. The van der Waals surface area contributed by atoms with Crippen molar-refractivity contribution in [2.45, 2.75) is 38.1 Å². The lowest BCUT2D eigenvalue weighted by Crippen LogP contribution is -2.36.